The van der Waals surface area contributed by atoms with Gasteiger partial charge in [-0.25, -0.2) is 0 Å². The number of hydrogen-bond acceptors (Lipinski definition) is 8. The normalized spacial score (nSPS) is 27.2. The van der Waals surface area contributed by atoms with Crippen LogP contribution in [0.25, 0.3) is 0 Å². The molecule has 3 atom stereocenters. The van der Waals surface area contributed by atoms with Gasteiger partial charge in [0.25, 0.3) is 0 Å². The molecule has 3 unspecified atom stereocenters. The first-order valence-corrected chi connectivity index (χ1v) is 22.2. The number of nitrogens with zero attached hydrogens (tertiary/aromatic N) is 2. The Hall–Kier alpha value is -2.19. The number of ether oxygens (including phenoxy) is 3. The lowest BCUT2D eigenvalue weighted by Gasteiger charge is -2.41. The zero-order valence-electron chi connectivity index (χ0n) is 33.6. The fourth-order valence-electron chi connectivity index (χ4n) is 10.4. The minimum Gasteiger partial charge on any atom is -0.465 e. The van der Waals surface area contributed by atoms with Gasteiger partial charge >= 0.3 is 17.9 Å². The quantitative estimate of drug-likeness (QED) is 0.0420. The van der Waals surface area contributed by atoms with Crippen molar-refractivity contribution in [3.63, 3.8) is 0 Å². The Labute approximate surface area is 322 Å². The van der Waals surface area contributed by atoms with E-state index in [2.05, 4.69) is 48.0 Å². The van der Waals surface area contributed by atoms with Gasteiger partial charge in [-0.05, 0) is 147 Å². The largest absolute Gasteiger partial charge is 0.465 e. The summed E-state index contributed by atoms with van der Waals surface area (Å²) in [5, 5.41) is 0. The number of rotatable bonds is 24. The monoisotopic (exact) mass is 739 g/mol. The molecule has 4 bridgehead atoms. The summed E-state index contributed by atoms with van der Waals surface area (Å²) in [7, 11) is 0. The molecule has 0 aromatic carbocycles. The van der Waals surface area contributed by atoms with Gasteiger partial charge in [0.05, 0.1) is 17.3 Å². The van der Waals surface area contributed by atoms with Crippen LogP contribution < -0.4 is 0 Å². The van der Waals surface area contributed by atoms with Crippen molar-refractivity contribution in [2.45, 2.75) is 155 Å². The van der Waals surface area contributed by atoms with E-state index >= 15 is 0 Å². The van der Waals surface area contributed by atoms with Crippen molar-refractivity contribution < 1.29 is 28.6 Å². The second kappa shape index (κ2) is 22.4. The Morgan fingerprint density at radius 3 is 2.00 bits per heavy atom. The third-order valence-corrected chi connectivity index (χ3v) is 13.5. The van der Waals surface area contributed by atoms with Crippen molar-refractivity contribution >= 4 is 17.9 Å². The minimum atomic E-state index is -0.354. The maximum absolute atomic E-state index is 13.6. The molecule has 8 heteroatoms. The number of hydrogen-bond donors (Lipinski definition) is 0. The molecular weight excluding hydrogens is 665 g/mol. The van der Waals surface area contributed by atoms with Crippen molar-refractivity contribution in [3.05, 3.63) is 24.3 Å². The lowest BCUT2D eigenvalue weighted by atomic mass is 9.75. The van der Waals surface area contributed by atoms with Crippen LogP contribution in [-0.2, 0) is 28.6 Å². The van der Waals surface area contributed by atoms with Gasteiger partial charge in [0, 0.05) is 12.5 Å². The number of unbranched alkanes of at least 4 members (excludes halogenated alkanes) is 8. The maximum atomic E-state index is 13.6. The smallest absolute Gasteiger partial charge is 0.312 e. The predicted octanol–water partition coefficient (Wildman–Crippen LogP) is 9.07. The summed E-state index contributed by atoms with van der Waals surface area (Å²) in [6, 6.07) is 0.623. The van der Waals surface area contributed by atoms with Crippen LogP contribution in [0.15, 0.2) is 24.3 Å². The van der Waals surface area contributed by atoms with E-state index in [1.54, 1.807) is 0 Å². The van der Waals surface area contributed by atoms with Gasteiger partial charge in [-0.1, -0.05) is 70.3 Å². The van der Waals surface area contributed by atoms with Crippen molar-refractivity contribution in [2.75, 3.05) is 52.5 Å². The molecule has 53 heavy (non-hydrogen) atoms. The van der Waals surface area contributed by atoms with Crippen molar-refractivity contribution in [1.29, 1.82) is 0 Å². The third kappa shape index (κ3) is 12.9. The Kier molecular flexibility index (Phi) is 17.7. The van der Waals surface area contributed by atoms with Crippen molar-refractivity contribution in [1.82, 2.24) is 9.80 Å². The average molecular weight is 739 g/mol. The van der Waals surface area contributed by atoms with E-state index in [1.807, 2.05) is 0 Å². The van der Waals surface area contributed by atoms with Gasteiger partial charge in [-0.3, -0.25) is 14.4 Å². The van der Waals surface area contributed by atoms with Crippen LogP contribution >= 0.6 is 0 Å². The number of esters is 3. The molecule has 2 saturated heterocycles. The van der Waals surface area contributed by atoms with Crippen LogP contribution in [0.3, 0.4) is 0 Å². The van der Waals surface area contributed by atoms with Crippen LogP contribution in [0.5, 0.6) is 0 Å². The zero-order valence-corrected chi connectivity index (χ0v) is 33.6. The van der Waals surface area contributed by atoms with E-state index in [4.69, 9.17) is 14.2 Å². The zero-order chi connectivity index (χ0) is 37.3. The Morgan fingerprint density at radius 1 is 0.698 bits per heavy atom. The average Bonchev–Trinajstić information content (AvgIpc) is 3.59. The molecule has 0 radical (unpaired) electrons. The highest BCUT2D eigenvalue weighted by atomic mass is 16.6. The Bertz CT molecular complexity index is 1160. The summed E-state index contributed by atoms with van der Waals surface area (Å²) in [5.41, 5.74) is -0.312. The lowest BCUT2D eigenvalue weighted by Crippen LogP contribution is -2.48. The Morgan fingerprint density at radius 2 is 1.32 bits per heavy atom. The first kappa shape index (κ1) is 42.0. The van der Waals surface area contributed by atoms with E-state index in [0.29, 0.717) is 30.2 Å². The molecule has 0 amide bonds. The minimum absolute atomic E-state index is 0.0721. The third-order valence-electron chi connectivity index (χ3n) is 13.5. The fraction of sp³-hybridized carbons (Fsp3) is 0.844. The molecule has 0 spiro atoms. The molecule has 2 heterocycles. The highest BCUT2D eigenvalue weighted by Crippen LogP contribution is 2.65. The second-order valence-electron chi connectivity index (χ2n) is 17.4. The standard InChI is InChI=1S/C45H74N2O6/c1-3-5-6-7-8-9-10-11-12-13-14-15-16-17-18-19-42(48)51-33-38(35-53-44(50)45-31-36-28-37(32-45)30-40(45)29-36)34-52-43(49)39-20-26-47(27-21-39)41-22-24-46(4-2)25-23-41/h8-9,11-12,36-41H,3-7,10,13-35H2,1-2H3/b9-8-,12-11-. The molecular formula is C45H74N2O6. The van der Waals surface area contributed by atoms with Gasteiger partial charge in [0.1, 0.15) is 19.8 Å². The Balaban J connectivity index is 0.982. The van der Waals surface area contributed by atoms with Crippen molar-refractivity contribution in [2.24, 2.45) is 35.0 Å². The van der Waals surface area contributed by atoms with Crippen LogP contribution in [0, 0.1) is 35.0 Å². The lowest BCUT2D eigenvalue weighted by molar-refractivity contribution is -0.163. The maximum Gasteiger partial charge on any atom is 0.312 e. The van der Waals surface area contributed by atoms with Gasteiger partial charge in [0.2, 0.25) is 0 Å². The summed E-state index contributed by atoms with van der Waals surface area (Å²) in [6.45, 7) is 10.2. The highest BCUT2D eigenvalue weighted by molar-refractivity contribution is 5.78. The van der Waals surface area contributed by atoms with Crippen molar-refractivity contribution in [3.8, 4) is 0 Å². The summed E-state index contributed by atoms with van der Waals surface area (Å²) < 4.78 is 17.6. The fourth-order valence-corrected chi connectivity index (χ4v) is 10.4. The summed E-state index contributed by atoms with van der Waals surface area (Å²) in [5.74, 6) is 0.884. The van der Waals surface area contributed by atoms with Crippen LogP contribution in [0.2, 0.25) is 0 Å². The molecule has 0 N–H and O–H groups in total. The SMILES string of the molecule is CCCCC/C=C\C/C=C\CCCCCCCC(=O)OCC(COC(=O)C1CCN(C2CCN(CC)CC2)CC1)COC(=O)C12CC3CC(CC1C3)C2. The van der Waals surface area contributed by atoms with Crippen LogP contribution in [-0.4, -0.2) is 86.3 Å². The molecule has 4 saturated carbocycles. The first-order chi connectivity index (χ1) is 25.9. The topological polar surface area (TPSA) is 85.4 Å². The molecule has 6 rings (SSSR count). The van der Waals surface area contributed by atoms with Gasteiger partial charge < -0.3 is 24.0 Å². The molecule has 6 fully saturated rings. The number of carbonyl (C=O) groups is 3. The number of allylic oxidation sites excluding steroid dienone is 4. The molecule has 0 aromatic heterocycles. The summed E-state index contributed by atoms with van der Waals surface area (Å²) in [4.78, 5) is 44.6. The van der Waals surface area contributed by atoms with Gasteiger partial charge in [-0.2, -0.15) is 0 Å². The van der Waals surface area contributed by atoms with Gasteiger partial charge in [-0.15, -0.1) is 0 Å². The molecule has 6 aliphatic rings. The highest BCUT2D eigenvalue weighted by Gasteiger charge is 2.62. The molecule has 300 valence electrons. The number of carbonyl (C=O) groups excluding carboxylic acids is 3. The van der Waals surface area contributed by atoms with E-state index in [1.165, 1.54) is 70.9 Å². The molecule has 4 aliphatic carbocycles. The summed E-state index contributed by atoms with van der Waals surface area (Å²) in [6.07, 6.45) is 31.6. The molecule has 8 nitrogen and oxygen atoms in total. The summed E-state index contributed by atoms with van der Waals surface area (Å²) >= 11 is 0. The van der Waals surface area contributed by atoms with E-state index in [0.717, 1.165) is 90.3 Å². The molecule has 2 aliphatic heterocycles. The van der Waals surface area contributed by atoms with Gasteiger partial charge in [0.15, 0.2) is 0 Å². The first-order valence-electron chi connectivity index (χ1n) is 22.2. The number of likely N-dealkylation sites (tertiary alicyclic amines) is 2. The van der Waals surface area contributed by atoms with Crippen LogP contribution in [0.1, 0.15) is 149 Å². The number of piperidine rings is 2. The molecule has 0 aromatic rings. The predicted molar refractivity (Wildman–Crippen MR) is 211 cm³/mol. The van der Waals surface area contributed by atoms with E-state index in [9.17, 15) is 14.4 Å². The van der Waals surface area contributed by atoms with E-state index in [-0.39, 0.29) is 55.0 Å². The van der Waals surface area contributed by atoms with E-state index < -0.39 is 0 Å². The second-order valence-corrected chi connectivity index (χ2v) is 17.4. The van der Waals surface area contributed by atoms with Crippen LogP contribution in [0.4, 0.5) is 0 Å².